The summed E-state index contributed by atoms with van der Waals surface area (Å²) < 4.78 is 0. The van der Waals surface area contributed by atoms with Crippen LogP contribution in [0.25, 0.3) is 0 Å². The van der Waals surface area contributed by atoms with Crippen molar-refractivity contribution in [3.05, 3.63) is 11.1 Å². The van der Waals surface area contributed by atoms with Crippen molar-refractivity contribution in [2.75, 3.05) is 32.6 Å². The van der Waals surface area contributed by atoms with Crippen LogP contribution in [0.2, 0.25) is 0 Å². The Labute approximate surface area is 125 Å². The summed E-state index contributed by atoms with van der Waals surface area (Å²) in [5.41, 5.74) is 1.06. The first kappa shape index (κ1) is 15.1. The molecule has 6 heteroatoms. The molecule has 2 rings (SSSR count). The fourth-order valence-corrected chi connectivity index (χ4v) is 2.74. The normalized spacial score (nSPS) is 15.2. The van der Waals surface area contributed by atoms with Crippen LogP contribution >= 0.6 is 11.3 Å². The van der Waals surface area contributed by atoms with Crippen LogP contribution < -0.4 is 15.5 Å². The Morgan fingerprint density at radius 3 is 2.85 bits per heavy atom. The number of anilines is 1. The van der Waals surface area contributed by atoms with E-state index in [1.165, 1.54) is 25.7 Å². The number of rotatable bonds is 7. The van der Waals surface area contributed by atoms with Crippen LogP contribution in [0, 0.1) is 5.92 Å². The number of aromatic nitrogens is 1. The molecular weight excluding hydrogens is 270 g/mol. The Balaban J connectivity index is 1.66. The Hall–Kier alpha value is -1.30. The Morgan fingerprint density at radius 1 is 1.45 bits per heavy atom. The standard InChI is InChI=1S/C14H25N5S/c1-15-13(16-8-4-5-11-6-7-11)17-9-12-10-20-14(18-12)19(2)3/h10-11H,4-9H2,1-3H3,(H2,15,16,17). The van der Waals surface area contributed by atoms with Crippen molar-refractivity contribution >= 4 is 22.4 Å². The van der Waals surface area contributed by atoms with Crippen molar-refractivity contribution < 1.29 is 0 Å². The highest BCUT2D eigenvalue weighted by atomic mass is 32.1. The van der Waals surface area contributed by atoms with Gasteiger partial charge in [0.05, 0.1) is 12.2 Å². The summed E-state index contributed by atoms with van der Waals surface area (Å²) in [7, 11) is 5.83. The third-order valence-electron chi connectivity index (χ3n) is 3.36. The minimum Gasteiger partial charge on any atom is -0.356 e. The number of hydrogen-bond donors (Lipinski definition) is 2. The first-order valence-electron chi connectivity index (χ1n) is 7.25. The van der Waals surface area contributed by atoms with Gasteiger partial charge in [-0.2, -0.15) is 0 Å². The van der Waals surface area contributed by atoms with E-state index in [9.17, 15) is 0 Å². The van der Waals surface area contributed by atoms with Crippen molar-refractivity contribution in [3.63, 3.8) is 0 Å². The predicted octanol–water partition coefficient (Wildman–Crippen LogP) is 2.06. The molecule has 1 aliphatic rings. The minimum absolute atomic E-state index is 0.715. The van der Waals surface area contributed by atoms with Crippen molar-refractivity contribution in [3.8, 4) is 0 Å². The molecule has 0 bridgehead atoms. The summed E-state index contributed by atoms with van der Waals surface area (Å²) in [6, 6.07) is 0. The fourth-order valence-electron chi connectivity index (χ4n) is 1.98. The molecule has 112 valence electrons. The maximum absolute atomic E-state index is 4.54. The second kappa shape index (κ2) is 7.47. The zero-order valence-corrected chi connectivity index (χ0v) is 13.5. The van der Waals surface area contributed by atoms with Gasteiger partial charge in [0.2, 0.25) is 0 Å². The number of nitrogens with zero attached hydrogens (tertiary/aromatic N) is 3. The monoisotopic (exact) mass is 295 g/mol. The Bertz CT molecular complexity index is 437. The van der Waals surface area contributed by atoms with E-state index in [1.807, 2.05) is 26.0 Å². The second-order valence-electron chi connectivity index (χ2n) is 5.45. The molecule has 2 N–H and O–H groups in total. The van der Waals surface area contributed by atoms with Gasteiger partial charge in [-0.3, -0.25) is 4.99 Å². The zero-order valence-electron chi connectivity index (χ0n) is 12.6. The van der Waals surface area contributed by atoms with E-state index in [-0.39, 0.29) is 0 Å². The summed E-state index contributed by atoms with van der Waals surface area (Å²) in [5.74, 6) is 1.87. The van der Waals surface area contributed by atoms with Crippen LogP contribution in [0.5, 0.6) is 0 Å². The predicted molar refractivity (Wildman–Crippen MR) is 86.6 cm³/mol. The molecule has 5 nitrogen and oxygen atoms in total. The molecule has 0 atom stereocenters. The largest absolute Gasteiger partial charge is 0.356 e. The maximum atomic E-state index is 4.54. The lowest BCUT2D eigenvalue weighted by atomic mass is 10.2. The van der Waals surface area contributed by atoms with E-state index in [1.54, 1.807) is 11.3 Å². The lowest BCUT2D eigenvalue weighted by molar-refractivity contribution is 0.644. The summed E-state index contributed by atoms with van der Waals surface area (Å²) in [5, 5.41) is 9.79. The fraction of sp³-hybridized carbons (Fsp3) is 0.714. The van der Waals surface area contributed by atoms with Crippen LogP contribution in [0.15, 0.2) is 10.4 Å². The second-order valence-corrected chi connectivity index (χ2v) is 6.29. The van der Waals surface area contributed by atoms with E-state index in [0.29, 0.717) is 6.54 Å². The number of aliphatic imine (C=N–C) groups is 1. The van der Waals surface area contributed by atoms with E-state index >= 15 is 0 Å². The molecular formula is C14H25N5S. The molecule has 0 saturated heterocycles. The van der Waals surface area contributed by atoms with Gasteiger partial charge in [-0.25, -0.2) is 4.98 Å². The molecule has 1 fully saturated rings. The number of hydrogen-bond acceptors (Lipinski definition) is 4. The number of thiazole rings is 1. The van der Waals surface area contributed by atoms with Gasteiger partial charge in [-0.05, 0) is 18.8 Å². The molecule has 1 saturated carbocycles. The minimum atomic E-state index is 0.715. The Kier molecular flexibility index (Phi) is 5.64. The summed E-state index contributed by atoms with van der Waals surface area (Å²) in [6.07, 6.45) is 5.45. The lowest BCUT2D eigenvalue weighted by Crippen LogP contribution is -2.37. The van der Waals surface area contributed by atoms with Gasteiger partial charge < -0.3 is 15.5 Å². The molecule has 1 heterocycles. The molecule has 0 spiro atoms. The third-order valence-corrected chi connectivity index (χ3v) is 4.42. The number of guanidine groups is 1. The van der Waals surface area contributed by atoms with Crippen LogP contribution in [0.4, 0.5) is 5.13 Å². The van der Waals surface area contributed by atoms with Gasteiger partial charge in [0.15, 0.2) is 11.1 Å². The smallest absolute Gasteiger partial charge is 0.191 e. The molecule has 0 amide bonds. The van der Waals surface area contributed by atoms with Crippen molar-refractivity contribution in [2.45, 2.75) is 32.2 Å². The van der Waals surface area contributed by atoms with Crippen molar-refractivity contribution in [2.24, 2.45) is 10.9 Å². The third kappa shape index (κ3) is 5.00. The highest BCUT2D eigenvalue weighted by molar-refractivity contribution is 7.13. The van der Waals surface area contributed by atoms with E-state index in [2.05, 4.69) is 26.0 Å². The highest BCUT2D eigenvalue weighted by Gasteiger charge is 2.19. The molecule has 20 heavy (non-hydrogen) atoms. The SMILES string of the molecule is CN=C(NCCCC1CC1)NCc1csc(N(C)C)n1. The number of nitrogens with one attached hydrogen (secondary N) is 2. The Morgan fingerprint density at radius 2 is 2.25 bits per heavy atom. The van der Waals surface area contributed by atoms with E-state index < -0.39 is 0 Å². The van der Waals surface area contributed by atoms with Gasteiger partial charge in [-0.1, -0.05) is 12.8 Å². The molecule has 0 unspecified atom stereocenters. The summed E-state index contributed by atoms with van der Waals surface area (Å²) in [6.45, 7) is 1.71. The molecule has 0 aliphatic heterocycles. The van der Waals surface area contributed by atoms with Gasteiger partial charge in [0.1, 0.15) is 0 Å². The van der Waals surface area contributed by atoms with Crippen LogP contribution in [0.3, 0.4) is 0 Å². The van der Waals surface area contributed by atoms with Crippen LogP contribution in [-0.2, 0) is 6.54 Å². The summed E-state index contributed by atoms with van der Waals surface area (Å²) >= 11 is 1.66. The first-order valence-corrected chi connectivity index (χ1v) is 8.13. The highest BCUT2D eigenvalue weighted by Crippen LogP contribution is 2.33. The quantitative estimate of drug-likeness (QED) is 0.459. The average molecular weight is 295 g/mol. The van der Waals surface area contributed by atoms with E-state index in [4.69, 9.17) is 0 Å². The first-order chi connectivity index (χ1) is 9.69. The van der Waals surface area contributed by atoms with Gasteiger partial charge >= 0.3 is 0 Å². The van der Waals surface area contributed by atoms with Crippen LogP contribution in [0.1, 0.15) is 31.4 Å². The van der Waals surface area contributed by atoms with Gasteiger partial charge in [0, 0.05) is 33.1 Å². The maximum Gasteiger partial charge on any atom is 0.191 e. The van der Waals surface area contributed by atoms with Crippen molar-refractivity contribution in [1.29, 1.82) is 0 Å². The molecule has 0 radical (unpaired) electrons. The molecule has 0 aromatic carbocycles. The van der Waals surface area contributed by atoms with Gasteiger partial charge in [0.25, 0.3) is 0 Å². The zero-order chi connectivity index (χ0) is 14.4. The lowest BCUT2D eigenvalue weighted by Gasteiger charge is -2.11. The topological polar surface area (TPSA) is 52.6 Å². The van der Waals surface area contributed by atoms with Gasteiger partial charge in [-0.15, -0.1) is 11.3 Å². The van der Waals surface area contributed by atoms with Crippen LogP contribution in [-0.4, -0.2) is 38.6 Å². The molecule has 1 aromatic heterocycles. The van der Waals surface area contributed by atoms with E-state index in [0.717, 1.165) is 29.2 Å². The summed E-state index contributed by atoms with van der Waals surface area (Å²) in [4.78, 5) is 10.8. The van der Waals surface area contributed by atoms with Crippen molar-refractivity contribution in [1.82, 2.24) is 15.6 Å². The molecule has 1 aromatic rings. The molecule has 1 aliphatic carbocycles. The average Bonchev–Trinajstić information content (AvgIpc) is 3.13.